The third-order valence-corrected chi connectivity index (χ3v) is 5.74. The van der Waals surface area contributed by atoms with Crippen LogP contribution in [0.2, 0.25) is 0 Å². The quantitative estimate of drug-likeness (QED) is 0.550. The lowest BCUT2D eigenvalue weighted by Crippen LogP contribution is -2.27. The number of hydrogen-bond acceptors (Lipinski definition) is 6. The fraction of sp³-hybridized carbons (Fsp3) is 0.318. The van der Waals surface area contributed by atoms with Gasteiger partial charge in [0.1, 0.15) is 5.69 Å². The van der Waals surface area contributed by atoms with Crippen LogP contribution in [0.4, 0.5) is 11.6 Å². The molecule has 9 nitrogen and oxygen atoms in total. The Morgan fingerprint density at radius 2 is 2.13 bits per heavy atom. The Kier molecular flexibility index (Phi) is 4.65. The molecular formula is C22H24N8O. The summed E-state index contributed by atoms with van der Waals surface area (Å²) in [5.41, 5.74) is 4.27. The minimum Gasteiger partial charge on any atom is -0.337 e. The lowest BCUT2D eigenvalue weighted by molar-refractivity contribution is 0.101. The molecule has 0 aromatic carbocycles. The first-order chi connectivity index (χ1) is 15.0. The maximum atomic E-state index is 13.1. The molecule has 1 amide bonds. The standard InChI is InChI=1S/C22H24N8O/c1-14-6-8-23-18(11-14)17-13-24-28(3)20(17)21(31)25-16-7-10-30-19(12-16)26-22(27-30)29-9-4-5-15(29)2/h6-8,10-13,15H,4-5,9H2,1-3H3,(H,25,31)/t15-/m0/s1. The molecule has 0 aliphatic carbocycles. The van der Waals surface area contributed by atoms with Crippen molar-refractivity contribution in [1.82, 2.24) is 29.4 Å². The van der Waals surface area contributed by atoms with E-state index in [1.165, 1.54) is 0 Å². The van der Waals surface area contributed by atoms with Gasteiger partial charge in [-0.25, -0.2) is 4.52 Å². The van der Waals surface area contributed by atoms with E-state index in [9.17, 15) is 4.79 Å². The van der Waals surface area contributed by atoms with E-state index in [0.717, 1.165) is 36.6 Å². The lowest BCUT2D eigenvalue weighted by atomic mass is 10.1. The number of carbonyl (C=O) groups is 1. The summed E-state index contributed by atoms with van der Waals surface area (Å²) in [5, 5.41) is 11.8. The topological polar surface area (TPSA) is 93.2 Å². The molecule has 1 saturated heterocycles. The zero-order valence-corrected chi connectivity index (χ0v) is 17.8. The summed E-state index contributed by atoms with van der Waals surface area (Å²) in [6.07, 6.45) is 7.52. The SMILES string of the molecule is Cc1ccnc(-c2cnn(C)c2C(=O)Nc2ccn3nc(N4CCC[C@@H]4C)nc3c2)c1. The molecule has 0 spiro atoms. The first-order valence-electron chi connectivity index (χ1n) is 10.4. The Morgan fingerprint density at radius 3 is 2.90 bits per heavy atom. The van der Waals surface area contributed by atoms with Crippen LogP contribution in [0.5, 0.6) is 0 Å². The van der Waals surface area contributed by atoms with Gasteiger partial charge in [-0.1, -0.05) is 0 Å². The van der Waals surface area contributed by atoms with Gasteiger partial charge in [0, 0.05) is 43.8 Å². The van der Waals surface area contributed by atoms with E-state index in [-0.39, 0.29) is 5.91 Å². The number of anilines is 2. The van der Waals surface area contributed by atoms with Crippen molar-refractivity contribution in [2.45, 2.75) is 32.7 Å². The molecule has 1 fully saturated rings. The molecule has 0 radical (unpaired) electrons. The number of pyridine rings is 2. The average Bonchev–Trinajstić information content (AvgIpc) is 3.45. The van der Waals surface area contributed by atoms with E-state index in [2.05, 4.69) is 37.3 Å². The van der Waals surface area contributed by atoms with Crippen molar-refractivity contribution in [3.8, 4) is 11.3 Å². The Balaban J connectivity index is 1.43. The Hall–Kier alpha value is -3.75. The number of nitrogens with one attached hydrogen (secondary N) is 1. The van der Waals surface area contributed by atoms with Crippen molar-refractivity contribution in [2.75, 3.05) is 16.8 Å². The van der Waals surface area contributed by atoms with Crippen LogP contribution in [0.15, 0.2) is 42.9 Å². The first-order valence-corrected chi connectivity index (χ1v) is 10.4. The highest BCUT2D eigenvalue weighted by Crippen LogP contribution is 2.25. The molecule has 1 aliphatic heterocycles. The molecular weight excluding hydrogens is 392 g/mol. The summed E-state index contributed by atoms with van der Waals surface area (Å²) >= 11 is 0. The first kappa shape index (κ1) is 19.2. The number of nitrogens with zero attached hydrogens (tertiary/aromatic N) is 7. The van der Waals surface area contributed by atoms with Crippen molar-refractivity contribution in [1.29, 1.82) is 0 Å². The molecule has 1 aliphatic rings. The Morgan fingerprint density at radius 1 is 1.26 bits per heavy atom. The monoisotopic (exact) mass is 416 g/mol. The third-order valence-electron chi connectivity index (χ3n) is 5.74. The van der Waals surface area contributed by atoms with Gasteiger partial charge in [0.15, 0.2) is 5.65 Å². The van der Waals surface area contributed by atoms with E-state index >= 15 is 0 Å². The summed E-state index contributed by atoms with van der Waals surface area (Å²) in [4.78, 5) is 24.4. The van der Waals surface area contributed by atoms with Crippen molar-refractivity contribution < 1.29 is 4.79 Å². The van der Waals surface area contributed by atoms with E-state index in [1.54, 1.807) is 28.6 Å². The fourth-order valence-corrected chi connectivity index (χ4v) is 4.07. The van der Waals surface area contributed by atoms with Crippen LogP contribution in [-0.2, 0) is 7.05 Å². The fourth-order valence-electron chi connectivity index (χ4n) is 4.07. The molecule has 0 bridgehead atoms. The number of aromatic nitrogens is 6. The van der Waals surface area contributed by atoms with Gasteiger partial charge < -0.3 is 10.2 Å². The van der Waals surface area contributed by atoms with E-state index in [4.69, 9.17) is 0 Å². The predicted molar refractivity (Wildman–Crippen MR) is 118 cm³/mol. The molecule has 31 heavy (non-hydrogen) atoms. The summed E-state index contributed by atoms with van der Waals surface area (Å²) in [6.45, 7) is 5.16. The van der Waals surface area contributed by atoms with Crippen molar-refractivity contribution in [2.24, 2.45) is 7.05 Å². The molecule has 1 N–H and O–H groups in total. The number of aryl methyl sites for hydroxylation is 2. The third kappa shape index (κ3) is 3.52. The van der Waals surface area contributed by atoms with Crippen LogP contribution in [0.25, 0.3) is 16.9 Å². The van der Waals surface area contributed by atoms with E-state index in [1.807, 2.05) is 37.4 Å². The van der Waals surface area contributed by atoms with Crippen molar-refractivity contribution in [3.63, 3.8) is 0 Å². The molecule has 4 aromatic rings. The van der Waals surface area contributed by atoms with Crippen LogP contribution in [0.3, 0.4) is 0 Å². The largest absolute Gasteiger partial charge is 0.337 e. The molecule has 5 rings (SSSR count). The maximum Gasteiger partial charge on any atom is 0.274 e. The van der Waals surface area contributed by atoms with Gasteiger partial charge in [-0.2, -0.15) is 10.1 Å². The van der Waals surface area contributed by atoms with Gasteiger partial charge in [0.25, 0.3) is 5.91 Å². The molecule has 5 heterocycles. The highest BCUT2D eigenvalue weighted by molar-refractivity contribution is 6.07. The number of rotatable bonds is 4. The molecule has 9 heteroatoms. The Labute approximate surface area is 179 Å². The minimum absolute atomic E-state index is 0.254. The van der Waals surface area contributed by atoms with E-state index < -0.39 is 0 Å². The second-order valence-electron chi connectivity index (χ2n) is 8.02. The molecule has 0 saturated carbocycles. The highest BCUT2D eigenvalue weighted by Gasteiger charge is 2.24. The summed E-state index contributed by atoms with van der Waals surface area (Å²) in [5.74, 6) is 0.475. The number of hydrogen-bond donors (Lipinski definition) is 1. The molecule has 0 unspecified atom stereocenters. The van der Waals surface area contributed by atoms with Gasteiger partial charge in [-0.3, -0.25) is 14.5 Å². The van der Waals surface area contributed by atoms with Crippen LogP contribution in [0.1, 0.15) is 35.8 Å². The van der Waals surface area contributed by atoms with Crippen molar-refractivity contribution in [3.05, 3.63) is 54.1 Å². The maximum absolute atomic E-state index is 13.1. The van der Waals surface area contributed by atoms with Crippen molar-refractivity contribution >= 4 is 23.2 Å². The van der Waals surface area contributed by atoms with Crippen LogP contribution < -0.4 is 10.2 Å². The Bertz CT molecular complexity index is 1270. The summed E-state index contributed by atoms with van der Waals surface area (Å²) < 4.78 is 3.30. The number of amides is 1. The molecule has 4 aromatic heterocycles. The molecule has 158 valence electrons. The normalized spacial score (nSPS) is 16.2. The second-order valence-corrected chi connectivity index (χ2v) is 8.02. The summed E-state index contributed by atoms with van der Waals surface area (Å²) in [6, 6.07) is 7.95. The van der Waals surface area contributed by atoms with Crippen LogP contribution in [0, 0.1) is 6.92 Å². The molecule has 1 atom stereocenters. The number of carbonyl (C=O) groups excluding carboxylic acids is 1. The zero-order valence-electron chi connectivity index (χ0n) is 17.8. The van der Waals surface area contributed by atoms with E-state index in [0.29, 0.717) is 28.6 Å². The smallest absolute Gasteiger partial charge is 0.274 e. The number of fused-ring (bicyclic) bond motifs is 1. The minimum atomic E-state index is -0.254. The predicted octanol–water partition coefficient (Wildman–Crippen LogP) is 3.07. The summed E-state index contributed by atoms with van der Waals surface area (Å²) in [7, 11) is 1.75. The van der Waals surface area contributed by atoms with Gasteiger partial charge >= 0.3 is 0 Å². The zero-order chi connectivity index (χ0) is 21.5. The average molecular weight is 416 g/mol. The lowest BCUT2D eigenvalue weighted by Gasteiger charge is -2.18. The highest BCUT2D eigenvalue weighted by atomic mass is 16.2. The van der Waals surface area contributed by atoms with Crippen LogP contribution in [-0.4, -0.2) is 47.9 Å². The van der Waals surface area contributed by atoms with Crippen LogP contribution >= 0.6 is 0 Å². The second kappa shape index (κ2) is 7.50. The van der Waals surface area contributed by atoms with Gasteiger partial charge in [0.05, 0.1) is 17.5 Å². The van der Waals surface area contributed by atoms with Gasteiger partial charge in [-0.15, -0.1) is 5.10 Å². The van der Waals surface area contributed by atoms with Gasteiger partial charge in [0.2, 0.25) is 5.95 Å². The van der Waals surface area contributed by atoms with Gasteiger partial charge in [-0.05, 0) is 50.5 Å².